The number of nitrogens with one attached hydrogen (secondary N) is 2. The number of nitrogens with zero attached hydrogens (tertiary/aromatic N) is 4. The molecule has 3 heterocycles. The summed E-state index contributed by atoms with van der Waals surface area (Å²) >= 11 is 1.15. The number of rotatable bonds is 6. The Kier molecular flexibility index (Phi) is 7.09. The van der Waals surface area contributed by atoms with Gasteiger partial charge in [0, 0.05) is 25.7 Å². The molecule has 0 radical (unpaired) electrons. The quantitative estimate of drug-likeness (QED) is 0.491. The molecule has 4 rings (SSSR count). The Labute approximate surface area is 195 Å². The molecule has 0 saturated carbocycles. The second-order valence-corrected chi connectivity index (χ2v) is 8.43. The number of fused-ring (bicyclic) bond motifs is 1. The van der Waals surface area contributed by atoms with Crippen molar-refractivity contribution in [1.82, 2.24) is 25.3 Å². The van der Waals surface area contributed by atoms with E-state index in [-0.39, 0.29) is 17.7 Å². The fourth-order valence-electron chi connectivity index (χ4n) is 3.48. The molecule has 1 aliphatic rings. The number of hydrogen-bond donors (Lipinski definition) is 2. The molecule has 0 unspecified atom stereocenters. The van der Waals surface area contributed by atoms with Crippen LogP contribution >= 0.6 is 11.3 Å². The maximum atomic E-state index is 13.4. The molecule has 1 aromatic carbocycles. The highest BCUT2D eigenvalue weighted by molar-refractivity contribution is 7.22. The number of ether oxygens (including phenoxy) is 1. The number of carbonyl (C=O) groups is 1. The minimum atomic E-state index is -4.74. The third-order valence-corrected chi connectivity index (χ3v) is 6.04. The number of anilines is 1. The number of thiazole rings is 1. The first-order chi connectivity index (χ1) is 16.2. The van der Waals surface area contributed by atoms with E-state index in [0.29, 0.717) is 47.7 Å². The van der Waals surface area contributed by atoms with Crippen LogP contribution in [0.1, 0.15) is 24.0 Å². The largest absolute Gasteiger partial charge is 0.479 e. The highest BCUT2D eigenvalue weighted by atomic mass is 32.1. The van der Waals surface area contributed by atoms with E-state index in [0.717, 1.165) is 23.5 Å². The molecular formula is C20H20F4N6O3S. The van der Waals surface area contributed by atoms with Gasteiger partial charge in [-0.15, -0.1) is 5.06 Å². The predicted molar refractivity (Wildman–Crippen MR) is 115 cm³/mol. The SMILES string of the molecule is COc1ncnc2sc(NC(=O)ON3CCC(NCc4ccc(F)c(C(F)(F)F)c4)CC3)nc12. The summed E-state index contributed by atoms with van der Waals surface area (Å²) in [6, 6.07) is 2.97. The van der Waals surface area contributed by atoms with Gasteiger partial charge >= 0.3 is 12.3 Å². The number of methoxy groups -OCH3 is 1. The van der Waals surface area contributed by atoms with E-state index in [1.54, 1.807) is 0 Å². The van der Waals surface area contributed by atoms with Gasteiger partial charge in [-0.3, -0.25) is 5.32 Å². The molecule has 3 aromatic rings. The number of piperidine rings is 1. The molecule has 34 heavy (non-hydrogen) atoms. The molecule has 0 aliphatic carbocycles. The Morgan fingerprint density at radius 3 is 2.74 bits per heavy atom. The third kappa shape index (κ3) is 5.69. The van der Waals surface area contributed by atoms with Crippen molar-refractivity contribution in [2.45, 2.75) is 31.6 Å². The maximum Gasteiger partial charge on any atom is 0.432 e. The van der Waals surface area contributed by atoms with E-state index in [2.05, 4.69) is 25.6 Å². The predicted octanol–water partition coefficient (Wildman–Crippen LogP) is 3.97. The van der Waals surface area contributed by atoms with E-state index in [4.69, 9.17) is 9.57 Å². The van der Waals surface area contributed by atoms with Gasteiger partial charge in [0.05, 0.1) is 12.7 Å². The minimum absolute atomic E-state index is 0.0117. The van der Waals surface area contributed by atoms with Crippen molar-refractivity contribution in [2.24, 2.45) is 0 Å². The molecule has 2 aromatic heterocycles. The Morgan fingerprint density at radius 1 is 1.26 bits per heavy atom. The first-order valence-electron chi connectivity index (χ1n) is 10.2. The van der Waals surface area contributed by atoms with Crippen LogP contribution in [0, 0.1) is 5.82 Å². The number of amides is 1. The van der Waals surface area contributed by atoms with Gasteiger partial charge < -0.3 is 14.9 Å². The Morgan fingerprint density at radius 2 is 2.03 bits per heavy atom. The molecule has 9 nitrogen and oxygen atoms in total. The van der Waals surface area contributed by atoms with Crippen LogP contribution < -0.4 is 15.4 Å². The van der Waals surface area contributed by atoms with E-state index in [9.17, 15) is 22.4 Å². The number of carbonyl (C=O) groups excluding carboxylic acids is 1. The lowest BCUT2D eigenvalue weighted by Gasteiger charge is -2.30. The molecule has 1 saturated heterocycles. The Balaban J connectivity index is 1.24. The van der Waals surface area contributed by atoms with Crippen molar-refractivity contribution < 1.29 is 31.9 Å². The van der Waals surface area contributed by atoms with E-state index in [1.807, 2.05) is 0 Å². The zero-order chi connectivity index (χ0) is 24.3. The number of alkyl halides is 3. The lowest BCUT2D eigenvalue weighted by Crippen LogP contribution is -2.43. The summed E-state index contributed by atoms with van der Waals surface area (Å²) < 4.78 is 57.2. The number of aromatic nitrogens is 3. The summed E-state index contributed by atoms with van der Waals surface area (Å²) in [4.78, 5) is 30.4. The fourth-order valence-corrected chi connectivity index (χ4v) is 4.26. The summed E-state index contributed by atoms with van der Waals surface area (Å²) in [5.74, 6) is -0.995. The highest BCUT2D eigenvalue weighted by Gasteiger charge is 2.34. The van der Waals surface area contributed by atoms with Crippen molar-refractivity contribution in [3.05, 3.63) is 41.5 Å². The molecule has 0 atom stereocenters. The Hall–Kier alpha value is -3.10. The molecule has 1 amide bonds. The highest BCUT2D eigenvalue weighted by Crippen LogP contribution is 2.32. The number of hydrogen-bond acceptors (Lipinski definition) is 9. The molecule has 14 heteroatoms. The van der Waals surface area contributed by atoms with Crippen LogP contribution in [0.2, 0.25) is 0 Å². The lowest BCUT2D eigenvalue weighted by molar-refractivity contribution is -0.140. The van der Waals surface area contributed by atoms with Gasteiger partial charge in [0.1, 0.15) is 12.1 Å². The average Bonchev–Trinajstić information content (AvgIpc) is 3.21. The summed E-state index contributed by atoms with van der Waals surface area (Å²) in [5.41, 5.74) is -0.510. The van der Waals surface area contributed by atoms with Gasteiger partial charge in [-0.2, -0.15) is 18.2 Å². The molecule has 0 spiro atoms. The first-order valence-corrected chi connectivity index (χ1v) is 11.0. The molecule has 2 N–H and O–H groups in total. The standard InChI is InChI=1S/C20H20F4N6O3S/c1-32-16-15-17(27-10-26-16)34-18(28-15)29-19(31)33-30-6-4-12(5-7-30)25-9-11-2-3-14(21)13(8-11)20(22,23)24/h2-3,8,10,12,25H,4-7,9H2,1H3,(H,28,29,31). The van der Waals surface area contributed by atoms with Gasteiger partial charge in [0.2, 0.25) is 5.88 Å². The lowest BCUT2D eigenvalue weighted by atomic mass is 10.1. The van der Waals surface area contributed by atoms with Crippen LogP contribution in [0.3, 0.4) is 0 Å². The van der Waals surface area contributed by atoms with Crippen molar-refractivity contribution in [3.63, 3.8) is 0 Å². The van der Waals surface area contributed by atoms with E-state index in [1.165, 1.54) is 24.6 Å². The van der Waals surface area contributed by atoms with Gasteiger partial charge in [-0.1, -0.05) is 17.4 Å². The van der Waals surface area contributed by atoms with Crippen LogP contribution in [-0.2, 0) is 17.6 Å². The van der Waals surface area contributed by atoms with E-state index >= 15 is 0 Å². The first kappa shape index (κ1) is 24.0. The van der Waals surface area contributed by atoms with Crippen molar-refractivity contribution in [2.75, 3.05) is 25.5 Å². The maximum absolute atomic E-state index is 13.4. The van der Waals surface area contributed by atoms with Crippen LogP contribution in [0.25, 0.3) is 10.3 Å². The van der Waals surface area contributed by atoms with Crippen LogP contribution in [-0.4, -0.2) is 52.3 Å². The second kappa shape index (κ2) is 10.0. The van der Waals surface area contributed by atoms with Crippen LogP contribution in [0.15, 0.2) is 24.5 Å². The zero-order valence-electron chi connectivity index (χ0n) is 17.9. The van der Waals surface area contributed by atoms with Gasteiger partial charge in [0.25, 0.3) is 0 Å². The molecule has 0 bridgehead atoms. The molecular weight excluding hydrogens is 480 g/mol. The van der Waals surface area contributed by atoms with Crippen LogP contribution in [0.5, 0.6) is 5.88 Å². The van der Waals surface area contributed by atoms with Crippen molar-refractivity contribution in [1.29, 1.82) is 0 Å². The summed E-state index contributed by atoms with van der Waals surface area (Å²) in [6.07, 6.45) is -2.90. The van der Waals surface area contributed by atoms with Gasteiger partial charge in [-0.25, -0.2) is 19.2 Å². The normalized spacial score (nSPS) is 15.4. The summed E-state index contributed by atoms with van der Waals surface area (Å²) in [7, 11) is 1.46. The number of hydroxylamine groups is 2. The number of benzene rings is 1. The van der Waals surface area contributed by atoms with Crippen LogP contribution in [0.4, 0.5) is 27.5 Å². The average molecular weight is 500 g/mol. The molecule has 1 fully saturated rings. The smallest absolute Gasteiger partial charge is 0.432 e. The second-order valence-electron chi connectivity index (χ2n) is 7.46. The number of halogens is 4. The van der Waals surface area contributed by atoms with Gasteiger partial charge in [-0.05, 0) is 30.5 Å². The zero-order valence-corrected chi connectivity index (χ0v) is 18.7. The summed E-state index contributed by atoms with van der Waals surface area (Å²) in [5, 5.41) is 7.51. The monoisotopic (exact) mass is 500 g/mol. The minimum Gasteiger partial charge on any atom is -0.479 e. The fraction of sp³-hybridized carbons (Fsp3) is 0.400. The van der Waals surface area contributed by atoms with Crippen molar-refractivity contribution >= 4 is 32.9 Å². The third-order valence-electron chi connectivity index (χ3n) is 5.16. The Bertz CT molecular complexity index is 1170. The van der Waals surface area contributed by atoms with Gasteiger partial charge in [0.15, 0.2) is 15.5 Å². The topological polar surface area (TPSA) is 102 Å². The molecule has 1 aliphatic heterocycles. The summed E-state index contributed by atoms with van der Waals surface area (Å²) in [6.45, 7) is 1.03. The van der Waals surface area contributed by atoms with Crippen molar-refractivity contribution in [3.8, 4) is 5.88 Å². The molecule has 182 valence electrons. The van der Waals surface area contributed by atoms with E-state index < -0.39 is 23.7 Å².